The molecular weight excluding hydrogens is 521 g/mol. The van der Waals surface area contributed by atoms with Crippen LogP contribution in [-0.4, -0.2) is 20.8 Å². The second kappa shape index (κ2) is 12.9. The van der Waals surface area contributed by atoms with Gasteiger partial charge in [0, 0.05) is 22.3 Å². The molecule has 8 heteroatoms. The van der Waals surface area contributed by atoms with Gasteiger partial charge in [-0.3, -0.25) is 13.9 Å². The van der Waals surface area contributed by atoms with E-state index in [2.05, 4.69) is 11.9 Å². The van der Waals surface area contributed by atoms with Gasteiger partial charge in [0.05, 0.1) is 31.3 Å². The zero-order valence-corrected chi connectivity index (χ0v) is 22.3. The number of nitrogens with one attached hydrogen (secondary N) is 1. The molecule has 6 nitrogen and oxygen atoms in total. The maximum absolute atomic E-state index is 13.8. The summed E-state index contributed by atoms with van der Waals surface area (Å²) >= 11 is 12.8. The van der Waals surface area contributed by atoms with Crippen LogP contribution in [0.2, 0.25) is 10.0 Å². The van der Waals surface area contributed by atoms with Crippen molar-refractivity contribution in [3.05, 3.63) is 151 Å². The zero-order valence-electron chi connectivity index (χ0n) is 20.8. The average molecular weight is 550 g/mol. The fraction of sp³-hybridized carbons (Fsp3) is 0.200. The third-order valence-electron chi connectivity index (χ3n) is 6.41. The van der Waals surface area contributed by atoms with E-state index in [9.17, 15) is 14.7 Å². The fourth-order valence-electron chi connectivity index (χ4n) is 4.41. The highest BCUT2D eigenvalue weighted by atomic mass is 35.5. The number of hydrogen-bond donors (Lipinski definition) is 2. The Morgan fingerprint density at radius 3 is 2.00 bits per heavy atom. The van der Waals surface area contributed by atoms with E-state index in [4.69, 9.17) is 23.2 Å². The zero-order chi connectivity index (χ0) is 27.1. The Labute approximate surface area is 231 Å². The topological polar surface area (TPSA) is 76.3 Å². The summed E-state index contributed by atoms with van der Waals surface area (Å²) in [6.07, 6.45) is 3.69. The molecular formula is C30H29Cl2N3O3. The summed E-state index contributed by atoms with van der Waals surface area (Å²) in [6, 6.07) is 22.9. The summed E-state index contributed by atoms with van der Waals surface area (Å²) in [6.45, 7) is 3.88. The Balaban J connectivity index is 1.84. The standard InChI is InChI=1S/C30H29Cl2N3O3/c1-2-10-27(33-28(20-36)21-11-4-3-5-12-21)24-19-34(17-22-13-6-8-15-25(22)31)30(38)35(29(24)37)18-23-14-7-9-16-26(23)32/h2-9,11-16,19,27-28,33,36H,1,10,17-18,20H2/t27-,28+/m1/s1. The maximum atomic E-state index is 13.8. The number of halogens is 2. The minimum atomic E-state index is -0.520. The molecule has 0 saturated heterocycles. The molecule has 0 bridgehead atoms. The molecule has 0 unspecified atom stereocenters. The van der Waals surface area contributed by atoms with Gasteiger partial charge in [-0.25, -0.2) is 4.79 Å². The molecule has 1 heterocycles. The molecule has 4 aromatic rings. The summed E-state index contributed by atoms with van der Waals surface area (Å²) < 4.78 is 2.69. The van der Waals surface area contributed by atoms with Crippen LogP contribution in [0.3, 0.4) is 0 Å². The summed E-state index contributed by atoms with van der Waals surface area (Å²) in [5.41, 5.74) is 1.74. The minimum Gasteiger partial charge on any atom is -0.394 e. The predicted molar refractivity (Wildman–Crippen MR) is 153 cm³/mol. The molecule has 0 amide bonds. The van der Waals surface area contributed by atoms with Crippen molar-refractivity contribution in [1.82, 2.24) is 14.5 Å². The Morgan fingerprint density at radius 1 is 0.842 bits per heavy atom. The van der Waals surface area contributed by atoms with Crippen molar-refractivity contribution < 1.29 is 5.11 Å². The molecule has 196 valence electrons. The van der Waals surface area contributed by atoms with Crippen LogP contribution in [0, 0.1) is 0 Å². The first-order chi connectivity index (χ1) is 18.4. The smallest absolute Gasteiger partial charge is 0.331 e. The first kappa shape index (κ1) is 27.6. The van der Waals surface area contributed by atoms with Crippen molar-refractivity contribution in [2.75, 3.05) is 6.61 Å². The number of aliphatic hydroxyl groups is 1. The molecule has 0 aliphatic heterocycles. The third kappa shape index (κ3) is 6.34. The van der Waals surface area contributed by atoms with Gasteiger partial charge >= 0.3 is 5.69 Å². The Bertz CT molecular complexity index is 1520. The SMILES string of the molecule is C=CC[C@@H](N[C@@H](CO)c1ccccc1)c1cn(Cc2ccccc2Cl)c(=O)n(Cc2ccccc2Cl)c1=O. The first-order valence-electron chi connectivity index (χ1n) is 12.3. The van der Waals surface area contributed by atoms with Gasteiger partial charge in [0.15, 0.2) is 0 Å². The van der Waals surface area contributed by atoms with Gasteiger partial charge in [0.25, 0.3) is 5.56 Å². The lowest BCUT2D eigenvalue weighted by molar-refractivity contribution is 0.232. The van der Waals surface area contributed by atoms with Crippen LogP contribution in [0.5, 0.6) is 0 Å². The molecule has 0 spiro atoms. The van der Waals surface area contributed by atoms with Gasteiger partial charge in [-0.2, -0.15) is 0 Å². The van der Waals surface area contributed by atoms with Gasteiger partial charge in [-0.15, -0.1) is 6.58 Å². The van der Waals surface area contributed by atoms with Crippen LogP contribution in [0.25, 0.3) is 0 Å². The van der Waals surface area contributed by atoms with E-state index in [1.807, 2.05) is 54.6 Å². The largest absolute Gasteiger partial charge is 0.394 e. The van der Waals surface area contributed by atoms with E-state index in [0.717, 1.165) is 11.1 Å². The molecule has 0 saturated carbocycles. The molecule has 0 fully saturated rings. The number of aromatic nitrogens is 2. The molecule has 3 aromatic carbocycles. The van der Waals surface area contributed by atoms with E-state index < -0.39 is 23.3 Å². The fourth-order valence-corrected chi connectivity index (χ4v) is 4.80. The number of benzene rings is 3. The third-order valence-corrected chi connectivity index (χ3v) is 7.15. The Morgan fingerprint density at radius 2 is 1.42 bits per heavy atom. The normalized spacial score (nSPS) is 12.7. The van der Waals surface area contributed by atoms with E-state index in [1.54, 1.807) is 36.5 Å². The highest BCUT2D eigenvalue weighted by Crippen LogP contribution is 2.22. The number of rotatable bonds is 11. The van der Waals surface area contributed by atoms with Crippen LogP contribution in [0.1, 0.15) is 40.8 Å². The monoisotopic (exact) mass is 549 g/mol. The summed E-state index contributed by atoms with van der Waals surface area (Å²) in [5.74, 6) is 0. The van der Waals surface area contributed by atoms with Gasteiger partial charge in [0.1, 0.15) is 0 Å². The van der Waals surface area contributed by atoms with Crippen LogP contribution in [0.15, 0.2) is 107 Å². The van der Waals surface area contributed by atoms with Gasteiger partial charge < -0.3 is 10.4 Å². The Hall–Kier alpha value is -3.42. The maximum Gasteiger partial charge on any atom is 0.331 e. The molecule has 2 atom stereocenters. The van der Waals surface area contributed by atoms with Gasteiger partial charge in [-0.05, 0) is 35.2 Å². The highest BCUT2D eigenvalue weighted by molar-refractivity contribution is 6.31. The molecule has 38 heavy (non-hydrogen) atoms. The summed E-state index contributed by atoms with van der Waals surface area (Å²) in [7, 11) is 0. The average Bonchev–Trinajstić information content (AvgIpc) is 2.93. The van der Waals surface area contributed by atoms with E-state index in [-0.39, 0.29) is 19.7 Å². The molecule has 1 aromatic heterocycles. The second-order valence-corrected chi connectivity index (χ2v) is 9.77. The first-order valence-corrected chi connectivity index (χ1v) is 13.0. The van der Waals surface area contributed by atoms with Crippen molar-refractivity contribution in [3.63, 3.8) is 0 Å². The van der Waals surface area contributed by atoms with Crippen molar-refractivity contribution in [1.29, 1.82) is 0 Å². The van der Waals surface area contributed by atoms with E-state index in [1.165, 1.54) is 9.13 Å². The van der Waals surface area contributed by atoms with Crippen LogP contribution in [-0.2, 0) is 13.1 Å². The van der Waals surface area contributed by atoms with Crippen LogP contribution in [0.4, 0.5) is 0 Å². The minimum absolute atomic E-state index is 0.0105. The summed E-state index contributed by atoms with van der Waals surface area (Å²) in [5, 5.41) is 14.5. The lowest BCUT2D eigenvalue weighted by Crippen LogP contribution is -2.44. The second-order valence-electron chi connectivity index (χ2n) is 8.96. The lowest BCUT2D eigenvalue weighted by Gasteiger charge is -2.25. The molecule has 4 rings (SSSR count). The molecule has 0 aliphatic rings. The molecule has 0 radical (unpaired) electrons. The highest BCUT2D eigenvalue weighted by Gasteiger charge is 2.23. The van der Waals surface area contributed by atoms with Crippen LogP contribution < -0.4 is 16.6 Å². The van der Waals surface area contributed by atoms with Crippen molar-refractivity contribution in [2.24, 2.45) is 0 Å². The number of nitrogens with zero attached hydrogens (tertiary/aromatic N) is 2. The number of hydrogen-bond acceptors (Lipinski definition) is 4. The lowest BCUT2D eigenvalue weighted by atomic mass is 10.0. The van der Waals surface area contributed by atoms with E-state index in [0.29, 0.717) is 27.6 Å². The Kier molecular flexibility index (Phi) is 9.37. The van der Waals surface area contributed by atoms with Crippen molar-refractivity contribution in [3.8, 4) is 0 Å². The quantitative estimate of drug-likeness (QED) is 0.247. The molecule has 0 aliphatic carbocycles. The van der Waals surface area contributed by atoms with Gasteiger partial charge in [-0.1, -0.05) is 96.0 Å². The van der Waals surface area contributed by atoms with Gasteiger partial charge in [0.2, 0.25) is 0 Å². The summed E-state index contributed by atoms with van der Waals surface area (Å²) in [4.78, 5) is 27.5. The van der Waals surface area contributed by atoms with Crippen molar-refractivity contribution in [2.45, 2.75) is 31.6 Å². The van der Waals surface area contributed by atoms with Crippen molar-refractivity contribution >= 4 is 23.2 Å². The predicted octanol–water partition coefficient (Wildman–Crippen LogP) is 5.35. The van der Waals surface area contributed by atoms with E-state index >= 15 is 0 Å². The number of aliphatic hydroxyl groups excluding tert-OH is 1. The van der Waals surface area contributed by atoms with Crippen LogP contribution >= 0.6 is 23.2 Å². The molecule has 2 N–H and O–H groups in total.